The Labute approximate surface area is 108 Å². The minimum Gasteiger partial charge on any atom is -0.396 e. The van der Waals surface area contributed by atoms with Crippen LogP contribution in [-0.4, -0.2) is 44.4 Å². The van der Waals surface area contributed by atoms with Crippen LogP contribution < -0.4 is 15.5 Å². The van der Waals surface area contributed by atoms with Crippen molar-refractivity contribution in [1.29, 1.82) is 0 Å². The van der Waals surface area contributed by atoms with Gasteiger partial charge in [0.05, 0.1) is 0 Å². The van der Waals surface area contributed by atoms with E-state index in [2.05, 4.69) is 15.5 Å². The van der Waals surface area contributed by atoms with Crippen LogP contribution in [0.2, 0.25) is 0 Å². The molecule has 100 valence electrons. The molecule has 0 aliphatic carbocycles. The number of para-hydroxylation sites is 1. The minimum atomic E-state index is -0.190. The Hall–Kier alpha value is -1.75. The molecule has 0 heterocycles. The van der Waals surface area contributed by atoms with E-state index in [9.17, 15) is 4.79 Å². The van der Waals surface area contributed by atoms with Gasteiger partial charge in [-0.25, -0.2) is 4.79 Å². The van der Waals surface area contributed by atoms with E-state index in [4.69, 9.17) is 5.11 Å². The lowest BCUT2D eigenvalue weighted by Gasteiger charge is -2.19. The molecule has 1 aromatic rings. The molecular formula is C13H21N3O2. The van der Waals surface area contributed by atoms with Gasteiger partial charge in [0.15, 0.2) is 0 Å². The highest BCUT2D eigenvalue weighted by molar-refractivity contribution is 5.73. The van der Waals surface area contributed by atoms with Gasteiger partial charge in [-0.15, -0.1) is 0 Å². The van der Waals surface area contributed by atoms with Crippen molar-refractivity contribution in [3.8, 4) is 0 Å². The molecule has 3 N–H and O–H groups in total. The second kappa shape index (κ2) is 8.36. The molecule has 5 heteroatoms. The molecule has 0 aliphatic rings. The van der Waals surface area contributed by atoms with Crippen molar-refractivity contribution in [3.63, 3.8) is 0 Å². The number of aliphatic hydroxyl groups is 1. The predicted molar refractivity (Wildman–Crippen MR) is 72.8 cm³/mol. The Morgan fingerprint density at radius 1 is 1.22 bits per heavy atom. The van der Waals surface area contributed by atoms with Crippen LogP contribution in [0.5, 0.6) is 0 Å². The largest absolute Gasteiger partial charge is 0.396 e. The lowest BCUT2D eigenvalue weighted by Crippen LogP contribution is -2.40. The Morgan fingerprint density at radius 2 is 1.89 bits per heavy atom. The summed E-state index contributed by atoms with van der Waals surface area (Å²) >= 11 is 0. The van der Waals surface area contributed by atoms with Crippen molar-refractivity contribution >= 4 is 11.7 Å². The summed E-state index contributed by atoms with van der Waals surface area (Å²) in [5.74, 6) is 0. The van der Waals surface area contributed by atoms with E-state index < -0.39 is 0 Å². The average Bonchev–Trinajstić information content (AvgIpc) is 2.40. The average molecular weight is 251 g/mol. The van der Waals surface area contributed by atoms with Crippen molar-refractivity contribution < 1.29 is 9.90 Å². The molecule has 1 aromatic carbocycles. The zero-order valence-corrected chi connectivity index (χ0v) is 10.7. The number of hydrogen-bond acceptors (Lipinski definition) is 3. The Morgan fingerprint density at radius 3 is 2.56 bits per heavy atom. The Bertz CT molecular complexity index is 343. The summed E-state index contributed by atoms with van der Waals surface area (Å²) < 4.78 is 0. The van der Waals surface area contributed by atoms with E-state index in [0.29, 0.717) is 19.5 Å². The molecule has 0 saturated carbocycles. The predicted octanol–water partition coefficient (Wildman–Crippen LogP) is 0.804. The second-order valence-corrected chi connectivity index (χ2v) is 4.02. The first kappa shape index (κ1) is 14.3. The van der Waals surface area contributed by atoms with Gasteiger partial charge < -0.3 is 20.6 Å². The van der Waals surface area contributed by atoms with Crippen LogP contribution in [0.1, 0.15) is 6.42 Å². The number of carbonyl (C=O) groups excluding carboxylic acids is 1. The van der Waals surface area contributed by atoms with Gasteiger partial charge in [0.1, 0.15) is 0 Å². The third kappa shape index (κ3) is 5.54. The molecular weight excluding hydrogens is 230 g/mol. The van der Waals surface area contributed by atoms with Gasteiger partial charge in [0, 0.05) is 39.0 Å². The highest BCUT2D eigenvalue weighted by Crippen LogP contribution is 2.09. The summed E-state index contributed by atoms with van der Waals surface area (Å²) in [6, 6.07) is 9.82. The third-order valence-electron chi connectivity index (χ3n) is 2.55. The molecule has 0 atom stereocenters. The molecule has 2 amide bonds. The normalized spacial score (nSPS) is 9.89. The van der Waals surface area contributed by atoms with Gasteiger partial charge in [-0.2, -0.15) is 0 Å². The summed E-state index contributed by atoms with van der Waals surface area (Å²) in [6.45, 7) is 1.92. The van der Waals surface area contributed by atoms with Crippen molar-refractivity contribution in [1.82, 2.24) is 10.6 Å². The number of hydrogen-bond donors (Lipinski definition) is 3. The van der Waals surface area contributed by atoms with Crippen molar-refractivity contribution in [3.05, 3.63) is 30.3 Å². The lowest BCUT2D eigenvalue weighted by molar-refractivity contribution is 0.238. The van der Waals surface area contributed by atoms with Crippen LogP contribution in [0, 0.1) is 0 Å². The molecule has 1 rings (SSSR count). The van der Waals surface area contributed by atoms with Crippen LogP contribution in [0.25, 0.3) is 0 Å². The molecule has 0 saturated heterocycles. The lowest BCUT2D eigenvalue weighted by atomic mass is 10.3. The maximum absolute atomic E-state index is 11.3. The van der Waals surface area contributed by atoms with E-state index >= 15 is 0 Å². The number of anilines is 1. The second-order valence-electron chi connectivity index (χ2n) is 4.02. The smallest absolute Gasteiger partial charge is 0.314 e. The summed E-state index contributed by atoms with van der Waals surface area (Å²) in [5.41, 5.74) is 1.12. The van der Waals surface area contributed by atoms with E-state index in [0.717, 1.165) is 12.2 Å². The first-order valence-electron chi connectivity index (χ1n) is 6.13. The number of nitrogens with one attached hydrogen (secondary N) is 2. The number of nitrogens with zero attached hydrogens (tertiary/aromatic N) is 1. The molecule has 0 bridgehead atoms. The van der Waals surface area contributed by atoms with Gasteiger partial charge >= 0.3 is 6.03 Å². The molecule has 0 radical (unpaired) electrons. The van der Waals surface area contributed by atoms with Crippen LogP contribution in [-0.2, 0) is 0 Å². The fourth-order valence-corrected chi connectivity index (χ4v) is 1.49. The zero-order chi connectivity index (χ0) is 13.2. The summed E-state index contributed by atoms with van der Waals surface area (Å²) in [6.07, 6.45) is 0.581. The molecule has 0 unspecified atom stereocenters. The SMILES string of the molecule is CN(CCNC(=O)NCCCO)c1ccccc1. The van der Waals surface area contributed by atoms with Crippen molar-refractivity contribution in [2.24, 2.45) is 0 Å². The number of aliphatic hydroxyl groups excluding tert-OH is 1. The van der Waals surface area contributed by atoms with Crippen LogP contribution in [0.15, 0.2) is 30.3 Å². The van der Waals surface area contributed by atoms with E-state index in [1.54, 1.807) is 0 Å². The summed E-state index contributed by atoms with van der Waals surface area (Å²) in [5, 5.41) is 14.0. The first-order chi connectivity index (χ1) is 8.74. The zero-order valence-electron chi connectivity index (χ0n) is 10.7. The summed E-state index contributed by atoms with van der Waals surface area (Å²) in [4.78, 5) is 13.4. The van der Waals surface area contributed by atoms with Crippen LogP contribution >= 0.6 is 0 Å². The summed E-state index contributed by atoms with van der Waals surface area (Å²) in [7, 11) is 1.99. The van der Waals surface area contributed by atoms with E-state index in [1.807, 2.05) is 37.4 Å². The third-order valence-corrected chi connectivity index (χ3v) is 2.55. The highest BCUT2D eigenvalue weighted by Gasteiger charge is 2.01. The fourth-order valence-electron chi connectivity index (χ4n) is 1.49. The van der Waals surface area contributed by atoms with Gasteiger partial charge in [-0.05, 0) is 18.6 Å². The standard InChI is InChI=1S/C13H21N3O2/c1-16(12-6-3-2-4-7-12)10-9-15-13(18)14-8-5-11-17/h2-4,6-7,17H,5,8-11H2,1H3,(H2,14,15,18). The van der Waals surface area contributed by atoms with Crippen LogP contribution in [0.3, 0.4) is 0 Å². The molecule has 18 heavy (non-hydrogen) atoms. The Balaban J connectivity index is 2.16. The van der Waals surface area contributed by atoms with Crippen molar-refractivity contribution in [2.45, 2.75) is 6.42 Å². The number of rotatable bonds is 7. The number of amides is 2. The van der Waals surface area contributed by atoms with E-state index in [1.165, 1.54) is 0 Å². The van der Waals surface area contributed by atoms with Gasteiger partial charge in [0.25, 0.3) is 0 Å². The highest BCUT2D eigenvalue weighted by atomic mass is 16.3. The van der Waals surface area contributed by atoms with Gasteiger partial charge in [-0.3, -0.25) is 0 Å². The monoisotopic (exact) mass is 251 g/mol. The van der Waals surface area contributed by atoms with Crippen LogP contribution in [0.4, 0.5) is 10.5 Å². The van der Waals surface area contributed by atoms with E-state index in [-0.39, 0.29) is 12.6 Å². The minimum absolute atomic E-state index is 0.0943. The first-order valence-corrected chi connectivity index (χ1v) is 6.13. The van der Waals surface area contributed by atoms with Gasteiger partial charge in [0.2, 0.25) is 0 Å². The quantitative estimate of drug-likeness (QED) is 0.628. The maximum Gasteiger partial charge on any atom is 0.314 e. The number of likely N-dealkylation sites (N-methyl/N-ethyl adjacent to an activating group) is 1. The van der Waals surface area contributed by atoms with Gasteiger partial charge in [-0.1, -0.05) is 18.2 Å². The molecule has 0 aromatic heterocycles. The topological polar surface area (TPSA) is 64.6 Å². The molecule has 0 fully saturated rings. The Kier molecular flexibility index (Phi) is 6.64. The molecule has 5 nitrogen and oxygen atoms in total. The fraction of sp³-hybridized carbons (Fsp3) is 0.462. The molecule has 0 spiro atoms. The number of carbonyl (C=O) groups is 1. The maximum atomic E-state index is 11.3. The number of urea groups is 1. The molecule has 0 aliphatic heterocycles. The van der Waals surface area contributed by atoms with Crippen molar-refractivity contribution in [2.75, 3.05) is 38.2 Å². The number of benzene rings is 1.